The Kier molecular flexibility index (Phi) is 5.47. The van der Waals surface area contributed by atoms with Crippen LogP contribution in [0.25, 0.3) is 5.65 Å². The lowest BCUT2D eigenvalue weighted by molar-refractivity contribution is -0.121. The number of fused-ring (bicyclic) bond motifs is 1. The van der Waals surface area contributed by atoms with Gasteiger partial charge in [0.2, 0.25) is 11.6 Å². The van der Waals surface area contributed by atoms with E-state index >= 15 is 0 Å². The predicted molar refractivity (Wildman–Crippen MR) is 111 cm³/mol. The number of aromatic nitrogens is 4. The van der Waals surface area contributed by atoms with Crippen molar-refractivity contribution >= 4 is 29.1 Å². The smallest absolute Gasteiger partial charge is 0.224 e. The molecule has 0 aliphatic carbocycles. The highest BCUT2D eigenvalue weighted by molar-refractivity contribution is 7.99. The lowest BCUT2D eigenvalue weighted by Crippen LogP contribution is -2.38. The topological polar surface area (TPSA) is 75.4 Å². The first kappa shape index (κ1) is 18.7. The minimum Gasteiger partial charge on any atom is -0.351 e. The Morgan fingerprint density at radius 1 is 1.32 bits per heavy atom. The Hall–Kier alpha value is -2.61. The Balaban J connectivity index is 1.33. The summed E-state index contributed by atoms with van der Waals surface area (Å²) in [5, 5.41) is 11.8. The van der Waals surface area contributed by atoms with Crippen molar-refractivity contribution < 1.29 is 4.79 Å². The van der Waals surface area contributed by atoms with Crippen molar-refractivity contribution in [3.63, 3.8) is 0 Å². The molecule has 0 spiro atoms. The van der Waals surface area contributed by atoms with Gasteiger partial charge >= 0.3 is 0 Å². The molecule has 0 radical (unpaired) electrons. The third-order valence-corrected chi connectivity index (χ3v) is 5.73. The molecule has 1 saturated heterocycles. The molecule has 3 heterocycles. The van der Waals surface area contributed by atoms with Gasteiger partial charge in [0.25, 0.3) is 0 Å². The first-order valence-corrected chi connectivity index (χ1v) is 10.4. The number of carbonyl (C=O) groups is 1. The largest absolute Gasteiger partial charge is 0.351 e. The van der Waals surface area contributed by atoms with Crippen molar-refractivity contribution in [3.8, 4) is 0 Å². The highest BCUT2D eigenvalue weighted by atomic mass is 32.2. The summed E-state index contributed by atoms with van der Waals surface area (Å²) in [6.45, 7) is 5.92. The van der Waals surface area contributed by atoms with E-state index in [0.717, 1.165) is 36.5 Å². The molecule has 28 heavy (non-hydrogen) atoms. The van der Waals surface area contributed by atoms with Gasteiger partial charge in [-0.3, -0.25) is 9.20 Å². The van der Waals surface area contributed by atoms with Crippen molar-refractivity contribution in [2.75, 3.05) is 18.0 Å². The first-order chi connectivity index (χ1) is 13.6. The highest BCUT2D eigenvalue weighted by Gasteiger charge is 2.26. The second-order valence-electron chi connectivity index (χ2n) is 7.30. The number of hydrogen-bond donors (Lipinski definition) is 1. The summed E-state index contributed by atoms with van der Waals surface area (Å²) in [7, 11) is 0. The molecule has 1 N–H and O–H groups in total. The molecule has 1 atom stereocenters. The summed E-state index contributed by atoms with van der Waals surface area (Å²) in [5.74, 6) is 0.875. The SMILES string of the molecule is CC(C)Sc1ccc(CC(=O)NC2CCN(c3nccn4cnnc34)C2)cc1. The average molecular weight is 397 g/mol. The van der Waals surface area contributed by atoms with E-state index in [4.69, 9.17) is 0 Å². The number of hydrogen-bond acceptors (Lipinski definition) is 6. The van der Waals surface area contributed by atoms with Crippen LogP contribution in [-0.2, 0) is 11.2 Å². The van der Waals surface area contributed by atoms with Crippen LogP contribution in [0.1, 0.15) is 25.8 Å². The van der Waals surface area contributed by atoms with Gasteiger partial charge in [0.1, 0.15) is 6.33 Å². The molecule has 4 rings (SSSR count). The maximum Gasteiger partial charge on any atom is 0.224 e. The van der Waals surface area contributed by atoms with Crippen LogP contribution >= 0.6 is 11.8 Å². The van der Waals surface area contributed by atoms with Gasteiger partial charge < -0.3 is 10.2 Å². The molecule has 7 nitrogen and oxygen atoms in total. The van der Waals surface area contributed by atoms with Crippen molar-refractivity contribution in [2.24, 2.45) is 0 Å². The van der Waals surface area contributed by atoms with Crippen LogP contribution in [-0.4, -0.2) is 49.9 Å². The van der Waals surface area contributed by atoms with Crippen molar-refractivity contribution in [2.45, 2.75) is 42.9 Å². The number of thioether (sulfide) groups is 1. The van der Waals surface area contributed by atoms with Crippen LogP contribution in [0.3, 0.4) is 0 Å². The van der Waals surface area contributed by atoms with Crippen molar-refractivity contribution in [1.29, 1.82) is 0 Å². The standard InChI is InChI=1S/C20H24N6OS/c1-14(2)28-17-5-3-15(4-6-17)11-18(27)23-16-7-9-25(12-16)19-20-24-22-13-26(20)10-8-21-19/h3-6,8,10,13-14,16H,7,9,11-12H2,1-2H3,(H,23,27). The Bertz CT molecular complexity index is 955. The summed E-state index contributed by atoms with van der Waals surface area (Å²) in [5.41, 5.74) is 1.78. The number of amides is 1. The van der Waals surface area contributed by atoms with Gasteiger partial charge in [-0.25, -0.2) is 4.98 Å². The molecule has 0 saturated carbocycles. The third kappa shape index (κ3) is 4.27. The van der Waals surface area contributed by atoms with Crippen LogP contribution in [0.5, 0.6) is 0 Å². The van der Waals surface area contributed by atoms with Gasteiger partial charge in [0, 0.05) is 41.7 Å². The number of anilines is 1. The summed E-state index contributed by atoms with van der Waals surface area (Å²) < 4.78 is 1.86. The molecular formula is C20H24N6OS. The number of nitrogens with one attached hydrogen (secondary N) is 1. The molecule has 8 heteroatoms. The summed E-state index contributed by atoms with van der Waals surface area (Å²) in [4.78, 5) is 20.3. The minimum absolute atomic E-state index is 0.0600. The van der Waals surface area contributed by atoms with Gasteiger partial charge in [-0.15, -0.1) is 22.0 Å². The van der Waals surface area contributed by atoms with E-state index in [-0.39, 0.29) is 11.9 Å². The third-order valence-electron chi connectivity index (χ3n) is 4.71. The van der Waals surface area contributed by atoms with E-state index < -0.39 is 0 Å². The molecule has 1 amide bonds. The number of benzene rings is 1. The predicted octanol–water partition coefficient (Wildman–Crippen LogP) is 2.56. The summed E-state index contributed by atoms with van der Waals surface area (Å²) >= 11 is 1.83. The molecular weight excluding hydrogens is 372 g/mol. The van der Waals surface area contributed by atoms with E-state index in [1.165, 1.54) is 4.90 Å². The van der Waals surface area contributed by atoms with Crippen LogP contribution in [0.2, 0.25) is 0 Å². The second-order valence-corrected chi connectivity index (χ2v) is 8.95. The molecule has 1 unspecified atom stereocenters. The van der Waals surface area contributed by atoms with E-state index in [1.54, 1.807) is 12.5 Å². The Labute approximate surface area is 168 Å². The van der Waals surface area contributed by atoms with Crippen LogP contribution in [0.15, 0.2) is 47.9 Å². The Morgan fingerprint density at radius 3 is 2.93 bits per heavy atom. The molecule has 1 aromatic carbocycles. The molecule has 1 fully saturated rings. The molecule has 0 bridgehead atoms. The number of rotatable bonds is 6. The highest BCUT2D eigenvalue weighted by Crippen LogP contribution is 2.23. The van der Waals surface area contributed by atoms with Gasteiger partial charge in [-0.2, -0.15) is 0 Å². The Morgan fingerprint density at radius 2 is 2.14 bits per heavy atom. The number of carbonyl (C=O) groups excluding carboxylic acids is 1. The van der Waals surface area contributed by atoms with E-state index in [0.29, 0.717) is 11.7 Å². The second kappa shape index (κ2) is 8.18. The minimum atomic E-state index is 0.0600. The lowest BCUT2D eigenvalue weighted by atomic mass is 10.1. The van der Waals surface area contributed by atoms with Crippen molar-refractivity contribution in [3.05, 3.63) is 48.5 Å². The zero-order valence-electron chi connectivity index (χ0n) is 16.1. The van der Waals surface area contributed by atoms with Crippen LogP contribution in [0, 0.1) is 0 Å². The quantitative estimate of drug-likeness (QED) is 0.646. The van der Waals surface area contributed by atoms with Gasteiger partial charge in [0.15, 0.2) is 5.82 Å². The monoisotopic (exact) mass is 396 g/mol. The fourth-order valence-corrected chi connectivity index (χ4v) is 4.30. The van der Waals surface area contributed by atoms with Gasteiger partial charge in [-0.1, -0.05) is 26.0 Å². The lowest BCUT2D eigenvalue weighted by Gasteiger charge is -2.18. The van der Waals surface area contributed by atoms with E-state index in [2.05, 4.69) is 51.4 Å². The van der Waals surface area contributed by atoms with Gasteiger partial charge in [0.05, 0.1) is 6.42 Å². The normalized spacial score (nSPS) is 16.8. The average Bonchev–Trinajstić information content (AvgIpc) is 3.32. The molecule has 1 aliphatic heterocycles. The zero-order valence-corrected chi connectivity index (χ0v) is 16.9. The van der Waals surface area contributed by atoms with Gasteiger partial charge in [-0.05, 0) is 24.1 Å². The summed E-state index contributed by atoms with van der Waals surface area (Å²) in [6, 6.07) is 8.39. The van der Waals surface area contributed by atoms with Crippen LogP contribution < -0.4 is 10.2 Å². The molecule has 146 valence electrons. The van der Waals surface area contributed by atoms with E-state index in [1.807, 2.05) is 34.5 Å². The van der Waals surface area contributed by atoms with Crippen molar-refractivity contribution in [1.82, 2.24) is 24.9 Å². The summed E-state index contributed by atoms with van der Waals surface area (Å²) in [6.07, 6.45) is 6.55. The zero-order chi connectivity index (χ0) is 19.5. The van der Waals surface area contributed by atoms with Crippen LogP contribution in [0.4, 0.5) is 5.82 Å². The fourth-order valence-electron chi connectivity index (χ4n) is 3.46. The van der Waals surface area contributed by atoms with E-state index in [9.17, 15) is 4.79 Å². The molecule has 3 aromatic rings. The molecule has 2 aromatic heterocycles. The number of nitrogens with zero attached hydrogens (tertiary/aromatic N) is 5. The maximum absolute atomic E-state index is 12.5. The molecule has 1 aliphatic rings. The maximum atomic E-state index is 12.5. The fraction of sp³-hybridized carbons (Fsp3) is 0.400. The first-order valence-electron chi connectivity index (χ1n) is 9.53.